The highest BCUT2D eigenvalue weighted by Crippen LogP contribution is 2.41. The van der Waals surface area contributed by atoms with Gasteiger partial charge in [-0.15, -0.1) is 0 Å². The molecule has 1 aliphatic carbocycles. The van der Waals surface area contributed by atoms with Gasteiger partial charge in [-0.05, 0) is 43.7 Å². The molecule has 0 amide bonds. The monoisotopic (exact) mass is 281 g/mol. The van der Waals surface area contributed by atoms with Gasteiger partial charge in [0, 0.05) is 6.04 Å². The lowest BCUT2D eigenvalue weighted by atomic mass is 9.88. The third-order valence-corrected chi connectivity index (χ3v) is 6.81. The van der Waals surface area contributed by atoms with Gasteiger partial charge in [-0.25, -0.2) is 8.42 Å². The van der Waals surface area contributed by atoms with Crippen molar-refractivity contribution in [2.75, 3.05) is 0 Å². The molecule has 1 aliphatic rings. The molecular formula is C15H23NO2S. The van der Waals surface area contributed by atoms with Crippen molar-refractivity contribution in [3.63, 3.8) is 0 Å². The fourth-order valence-electron chi connectivity index (χ4n) is 2.99. The van der Waals surface area contributed by atoms with Crippen molar-refractivity contribution in [2.45, 2.75) is 56.7 Å². The number of sulfone groups is 1. The van der Waals surface area contributed by atoms with Crippen LogP contribution in [0.4, 0.5) is 0 Å². The molecule has 106 valence electrons. The highest BCUT2D eigenvalue weighted by molar-refractivity contribution is 7.92. The van der Waals surface area contributed by atoms with Gasteiger partial charge in [0.15, 0.2) is 9.84 Å². The van der Waals surface area contributed by atoms with E-state index < -0.39 is 15.1 Å². The Morgan fingerprint density at radius 1 is 1.26 bits per heavy atom. The minimum atomic E-state index is -3.33. The molecule has 2 atom stereocenters. The SMILES string of the molecule is Cc1ccc(S(=O)(=O)C2CCC(C)(C)C2N)c(C)c1. The number of hydrogen-bond donors (Lipinski definition) is 1. The first-order valence-electron chi connectivity index (χ1n) is 6.73. The van der Waals surface area contributed by atoms with E-state index in [0.717, 1.165) is 17.5 Å². The first kappa shape index (κ1) is 14.5. The van der Waals surface area contributed by atoms with Crippen LogP contribution in [-0.4, -0.2) is 19.7 Å². The van der Waals surface area contributed by atoms with Crippen LogP contribution in [-0.2, 0) is 9.84 Å². The van der Waals surface area contributed by atoms with E-state index in [2.05, 4.69) is 13.8 Å². The number of benzene rings is 1. The summed E-state index contributed by atoms with van der Waals surface area (Å²) in [7, 11) is -3.33. The number of rotatable bonds is 2. The second kappa shape index (κ2) is 4.60. The molecule has 19 heavy (non-hydrogen) atoms. The first-order chi connectivity index (χ1) is 8.66. The van der Waals surface area contributed by atoms with Crippen LogP contribution in [0.3, 0.4) is 0 Å². The van der Waals surface area contributed by atoms with Crippen LogP contribution >= 0.6 is 0 Å². The van der Waals surface area contributed by atoms with Crippen LogP contribution in [0.5, 0.6) is 0 Å². The normalized spacial score (nSPS) is 26.6. The average Bonchev–Trinajstić information content (AvgIpc) is 2.53. The van der Waals surface area contributed by atoms with E-state index in [1.807, 2.05) is 26.0 Å². The van der Waals surface area contributed by atoms with Gasteiger partial charge >= 0.3 is 0 Å². The van der Waals surface area contributed by atoms with Gasteiger partial charge in [0.25, 0.3) is 0 Å². The molecule has 1 aromatic carbocycles. The summed E-state index contributed by atoms with van der Waals surface area (Å²) in [6.07, 6.45) is 1.52. The largest absolute Gasteiger partial charge is 0.326 e. The first-order valence-corrected chi connectivity index (χ1v) is 8.27. The summed E-state index contributed by atoms with van der Waals surface area (Å²) in [5, 5.41) is -0.455. The van der Waals surface area contributed by atoms with Gasteiger partial charge in [0.2, 0.25) is 0 Å². The summed E-state index contributed by atoms with van der Waals surface area (Å²) in [6, 6.07) is 5.19. The lowest BCUT2D eigenvalue weighted by molar-refractivity contribution is 0.332. The molecule has 1 saturated carbocycles. The molecule has 0 bridgehead atoms. The molecule has 3 nitrogen and oxygen atoms in total. The maximum Gasteiger partial charge on any atom is 0.183 e. The summed E-state index contributed by atoms with van der Waals surface area (Å²) in [4.78, 5) is 0.441. The Kier molecular flexibility index (Phi) is 3.52. The summed E-state index contributed by atoms with van der Waals surface area (Å²) < 4.78 is 25.6. The van der Waals surface area contributed by atoms with E-state index in [-0.39, 0.29) is 11.5 Å². The molecule has 2 unspecified atom stereocenters. The number of nitrogens with two attached hydrogens (primary N) is 1. The van der Waals surface area contributed by atoms with Crippen molar-refractivity contribution in [3.05, 3.63) is 29.3 Å². The zero-order chi connectivity index (χ0) is 14.4. The van der Waals surface area contributed by atoms with Gasteiger partial charge in [-0.3, -0.25) is 0 Å². The van der Waals surface area contributed by atoms with E-state index in [0.29, 0.717) is 11.3 Å². The van der Waals surface area contributed by atoms with E-state index in [1.165, 1.54) is 0 Å². The molecule has 0 heterocycles. The van der Waals surface area contributed by atoms with Crippen molar-refractivity contribution in [2.24, 2.45) is 11.1 Å². The van der Waals surface area contributed by atoms with Crippen LogP contribution in [0.2, 0.25) is 0 Å². The Balaban J connectivity index is 2.44. The molecule has 0 spiro atoms. The molecule has 1 aromatic rings. The molecule has 0 aromatic heterocycles. The fourth-order valence-corrected chi connectivity index (χ4v) is 5.27. The standard InChI is InChI=1S/C15H23NO2S/c1-10-5-6-12(11(2)9-10)19(17,18)13-7-8-15(3,4)14(13)16/h5-6,9,13-14H,7-8,16H2,1-4H3. The highest BCUT2D eigenvalue weighted by atomic mass is 32.2. The molecule has 0 aliphatic heterocycles. The van der Waals surface area contributed by atoms with E-state index in [9.17, 15) is 8.42 Å². The van der Waals surface area contributed by atoms with Crippen LogP contribution in [0.15, 0.2) is 23.1 Å². The average molecular weight is 281 g/mol. The van der Waals surface area contributed by atoms with Gasteiger partial charge in [-0.2, -0.15) is 0 Å². The lowest BCUT2D eigenvalue weighted by Gasteiger charge is -2.27. The van der Waals surface area contributed by atoms with Gasteiger partial charge in [-0.1, -0.05) is 31.5 Å². The predicted octanol–water partition coefficient (Wildman–Crippen LogP) is 2.59. The van der Waals surface area contributed by atoms with Crippen molar-refractivity contribution in [1.29, 1.82) is 0 Å². The zero-order valence-corrected chi connectivity index (χ0v) is 12.9. The van der Waals surface area contributed by atoms with Crippen molar-refractivity contribution >= 4 is 9.84 Å². The Hall–Kier alpha value is -0.870. The molecule has 4 heteroatoms. The molecule has 2 rings (SSSR count). The number of aryl methyl sites for hydroxylation is 2. The van der Waals surface area contributed by atoms with Crippen molar-refractivity contribution < 1.29 is 8.42 Å². The lowest BCUT2D eigenvalue weighted by Crippen LogP contribution is -2.43. The highest BCUT2D eigenvalue weighted by Gasteiger charge is 2.46. The summed E-state index contributed by atoms with van der Waals surface area (Å²) in [5.41, 5.74) is 7.97. The van der Waals surface area contributed by atoms with Gasteiger partial charge < -0.3 is 5.73 Å². The van der Waals surface area contributed by atoms with Gasteiger partial charge in [0.05, 0.1) is 10.1 Å². The topological polar surface area (TPSA) is 60.2 Å². The van der Waals surface area contributed by atoms with Gasteiger partial charge in [0.1, 0.15) is 0 Å². The third kappa shape index (κ3) is 2.43. The fraction of sp³-hybridized carbons (Fsp3) is 0.600. The Morgan fingerprint density at radius 3 is 2.37 bits per heavy atom. The second-order valence-electron chi connectivity index (χ2n) is 6.41. The molecule has 0 radical (unpaired) electrons. The molecular weight excluding hydrogens is 258 g/mol. The second-order valence-corrected chi connectivity index (χ2v) is 8.54. The zero-order valence-electron chi connectivity index (χ0n) is 12.1. The quantitative estimate of drug-likeness (QED) is 0.906. The summed E-state index contributed by atoms with van der Waals surface area (Å²) in [5.74, 6) is 0. The smallest absolute Gasteiger partial charge is 0.183 e. The minimum Gasteiger partial charge on any atom is -0.326 e. The number of hydrogen-bond acceptors (Lipinski definition) is 3. The molecule has 2 N–H and O–H groups in total. The van der Waals surface area contributed by atoms with Crippen LogP contribution in [0, 0.1) is 19.3 Å². The summed E-state index contributed by atoms with van der Waals surface area (Å²) in [6.45, 7) is 7.92. The van der Waals surface area contributed by atoms with E-state index in [4.69, 9.17) is 5.73 Å². The third-order valence-electron chi connectivity index (χ3n) is 4.41. The van der Waals surface area contributed by atoms with Crippen molar-refractivity contribution in [3.8, 4) is 0 Å². The Bertz CT molecular complexity index is 590. The minimum absolute atomic E-state index is 0.101. The Labute approximate surface area is 116 Å². The predicted molar refractivity (Wildman–Crippen MR) is 77.9 cm³/mol. The molecule has 1 fully saturated rings. The maximum atomic E-state index is 12.8. The summed E-state index contributed by atoms with van der Waals surface area (Å²) >= 11 is 0. The molecule has 0 saturated heterocycles. The van der Waals surface area contributed by atoms with Crippen LogP contribution in [0.1, 0.15) is 37.8 Å². The van der Waals surface area contributed by atoms with Crippen LogP contribution < -0.4 is 5.73 Å². The van der Waals surface area contributed by atoms with Crippen molar-refractivity contribution in [1.82, 2.24) is 0 Å². The van der Waals surface area contributed by atoms with Crippen LogP contribution in [0.25, 0.3) is 0 Å². The van der Waals surface area contributed by atoms with E-state index in [1.54, 1.807) is 6.07 Å². The Morgan fingerprint density at radius 2 is 1.89 bits per heavy atom. The maximum absolute atomic E-state index is 12.8. The van der Waals surface area contributed by atoms with E-state index >= 15 is 0 Å².